The van der Waals surface area contributed by atoms with E-state index in [2.05, 4.69) is 15.6 Å². The molecule has 1 aliphatic heterocycles. The number of nitrogens with zero attached hydrogens (tertiary/aromatic N) is 1. The third-order valence-electron chi connectivity index (χ3n) is 4.30. The molecule has 0 radical (unpaired) electrons. The molecule has 2 N–H and O–H groups in total. The Morgan fingerprint density at radius 1 is 0.964 bits per heavy atom. The van der Waals surface area contributed by atoms with E-state index >= 15 is 0 Å². The van der Waals surface area contributed by atoms with Crippen LogP contribution >= 0.6 is 11.6 Å². The van der Waals surface area contributed by atoms with Gasteiger partial charge in [0.05, 0.1) is 5.56 Å². The van der Waals surface area contributed by atoms with Gasteiger partial charge in [0, 0.05) is 24.3 Å². The number of benzene rings is 2. The average molecular weight is 396 g/mol. The van der Waals surface area contributed by atoms with Crippen molar-refractivity contribution in [3.63, 3.8) is 0 Å². The summed E-state index contributed by atoms with van der Waals surface area (Å²) in [5.74, 6) is 2.02. The summed E-state index contributed by atoms with van der Waals surface area (Å²) in [5, 5.41) is 6.77. The number of ether oxygens (including phenoxy) is 2. The maximum atomic E-state index is 12.3. The van der Waals surface area contributed by atoms with Crippen LogP contribution in [-0.2, 0) is 13.1 Å². The molecule has 6 nitrogen and oxygen atoms in total. The average Bonchev–Trinajstić information content (AvgIpc) is 3.20. The summed E-state index contributed by atoms with van der Waals surface area (Å²) in [6.45, 7) is 1.28. The first-order valence-corrected chi connectivity index (χ1v) is 9.16. The smallest absolute Gasteiger partial charge is 0.253 e. The molecule has 3 aromatic rings. The summed E-state index contributed by atoms with van der Waals surface area (Å²) in [7, 11) is 0. The van der Waals surface area contributed by atoms with Gasteiger partial charge < -0.3 is 20.1 Å². The molecule has 4 rings (SSSR count). The van der Waals surface area contributed by atoms with Gasteiger partial charge in [-0.3, -0.25) is 4.79 Å². The highest BCUT2D eigenvalue weighted by atomic mass is 35.5. The fraction of sp³-hybridized carbons (Fsp3) is 0.143. The molecular formula is C21H18ClN3O3. The van der Waals surface area contributed by atoms with Crippen molar-refractivity contribution < 1.29 is 14.3 Å². The van der Waals surface area contributed by atoms with Gasteiger partial charge in [0.25, 0.3) is 5.91 Å². The second-order valence-electron chi connectivity index (χ2n) is 6.28. The Kier molecular flexibility index (Phi) is 5.30. The van der Waals surface area contributed by atoms with Crippen LogP contribution in [0.5, 0.6) is 11.5 Å². The Hall–Kier alpha value is -3.25. The topological polar surface area (TPSA) is 72.5 Å². The van der Waals surface area contributed by atoms with E-state index in [1.165, 1.54) is 0 Å². The predicted molar refractivity (Wildman–Crippen MR) is 107 cm³/mol. The molecule has 0 unspecified atom stereocenters. The molecule has 2 heterocycles. The van der Waals surface area contributed by atoms with E-state index in [4.69, 9.17) is 21.1 Å². The summed E-state index contributed by atoms with van der Waals surface area (Å²) >= 11 is 5.86. The van der Waals surface area contributed by atoms with Crippen molar-refractivity contribution in [3.8, 4) is 11.5 Å². The van der Waals surface area contributed by atoms with E-state index < -0.39 is 0 Å². The molecule has 28 heavy (non-hydrogen) atoms. The van der Waals surface area contributed by atoms with E-state index in [1.54, 1.807) is 30.5 Å². The Bertz CT molecular complexity index is 975. The van der Waals surface area contributed by atoms with Crippen LogP contribution < -0.4 is 20.1 Å². The highest BCUT2D eigenvalue weighted by Crippen LogP contribution is 2.32. The quantitative estimate of drug-likeness (QED) is 0.659. The molecule has 0 spiro atoms. The second kappa shape index (κ2) is 8.19. The number of fused-ring (bicyclic) bond motifs is 1. The zero-order valence-electron chi connectivity index (χ0n) is 14.9. The van der Waals surface area contributed by atoms with Crippen LogP contribution in [0, 0.1) is 0 Å². The van der Waals surface area contributed by atoms with Crippen molar-refractivity contribution >= 4 is 23.3 Å². The van der Waals surface area contributed by atoms with Gasteiger partial charge in [0.15, 0.2) is 11.5 Å². The molecule has 142 valence electrons. The van der Waals surface area contributed by atoms with Gasteiger partial charge in [-0.15, -0.1) is 0 Å². The number of rotatable bonds is 6. The fourth-order valence-corrected chi connectivity index (χ4v) is 2.89. The van der Waals surface area contributed by atoms with Gasteiger partial charge in [0.1, 0.15) is 5.82 Å². The number of pyridine rings is 1. The van der Waals surface area contributed by atoms with E-state index in [9.17, 15) is 4.79 Å². The zero-order valence-corrected chi connectivity index (χ0v) is 15.7. The van der Waals surface area contributed by atoms with Gasteiger partial charge >= 0.3 is 0 Å². The minimum absolute atomic E-state index is 0.176. The van der Waals surface area contributed by atoms with Gasteiger partial charge in [-0.2, -0.15) is 0 Å². The third kappa shape index (κ3) is 4.35. The number of nitrogens with one attached hydrogen (secondary N) is 2. The number of hydrogen-bond acceptors (Lipinski definition) is 5. The normalized spacial score (nSPS) is 11.9. The van der Waals surface area contributed by atoms with E-state index in [-0.39, 0.29) is 12.7 Å². The van der Waals surface area contributed by atoms with Crippen molar-refractivity contribution in [2.24, 2.45) is 0 Å². The van der Waals surface area contributed by atoms with Gasteiger partial charge in [-0.25, -0.2) is 4.98 Å². The van der Waals surface area contributed by atoms with Gasteiger partial charge in [0.2, 0.25) is 6.79 Å². The summed E-state index contributed by atoms with van der Waals surface area (Å²) in [4.78, 5) is 16.6. The summed E-state index contributed by atoms with van der Waals surface area (Å²) in [5.41, 5.74) is 2.53. The van der Waals surface area contributed by atoms with Crippen LogP contribution in [0.2, 0.25) is 5.02 Å². The number of amides is 1. The Morgan fingerprint density at radius 2 is 1.75 bits per heavy atom. The number of carbonyl (C=O) groups is 1. The maximum absolute atomic E-state index is 12.3. The van der Waals surface area contributed by atoms with Crippen LogP contribution in [-0.4, -0.2) is 17.7 Å². The van der Waals surface area contributed by atoms with Gasteiger partial charge in [-0.1, -0.05) is 29.8 Å². The molecule has 0 fully saturated rings. The molecule has 0 saturated heterocycles. The first kappa shape index (κ1) is 18.1. The number of halogens is 1. The minimum Gasteiger partial charge on any atom is -0.454 e. The fourth-order valence-electron chi connectivity index (χ4n) is 2.76. The Morgan fingerprint density at radius 3 is 2.54 bits per heavy atom. The van der Waals surface area contributed by atoms with Crippen molar-refractivity contribution in [1.82, 2.24) is 10.3 Å². The highest BCUT2D eigenvalue weighted by Gasteiger charge is 2.13. The predicted octanol–water partition coefficient (Wildman–Crippen LogP) is 4.01. The number of anilines is 1. The van der Waals surface area contributed by atoms with Crippen LogP contribution in [0.15, 0.2) is 60.8 Å². The standard InChI is InChI=1S/C21H18ClN3O3/c22-17-5-1-14(2-6-17)10-25-21(26)16-4-8-20(24-12-16)23-11-15-3-7-18-19(9-15)28-13-27-18/h1-9,12H,10-11,13H2,(H,23,24)(H,25,26). The van der Waals surface area contributed by atoms with Crippen LogP contribution in [0.1, 0.15) is 21.5 Å². The Labute approximate surface area is 167 Å². The highest BCUT2D eigenvalue weighted by molar-refractivity contribution is 6.30. The summed E-state index contributed by atoms with van der Waals surface area (Å²) in [6, 6.07) is 16.7. The van der Waals surface area contributed by atoms with Crippen molar-refractivity contribution in [2.75, 3.05) is 12.1 Å². The lowest BCUT2D eigenvalue weighted by molar-refractivity contribution is 0.0950. The zero-order chi connectivity index (χ0) is 19.3. The lowest BCUT2D eigenvalue weighted by Gasteiger charge is -2.08. The van der Waals surface area contributed by atoms with Crippen molar-refractivity contribution in [3.05, 3.63) is 82.5 Å². The first-order chi connectivity index (χ1) is 13.7. The largest absolute Gasteiger partial charge is 0.454 e. The van der Waals surface area contributed by atoms with Crippen LogP contribution in [0.25, 0.3) is 0 Å². The Balaban J connectivity index is 1.30. The van der Waals surface area contributed by atoms with Crippen molar-refractivity contribution in [2.45, 2.75) is 13.1 Å². The maximum Gasteiger partial charge on any atom is 0.253 e. The molecule has 7 heteroatoms. The van der Waals surface area contributed by atoms with E-state index in [0.717, 1.165) is 22.6 Å². The first-order valence-electron chi connectivity index (χ1n) is 8.78. The molecular weight excluding hydrogens is 378 g/mol. The molecule has 0 aliphatic carbocycles. The third-order valence-corrected chi connectivity index (χ3v) is 4.55. The molecule has 1 aliphatic rings. The van der Waals surface area contributed by atoms with Crippen LogP contribution in [0.3, 0.4) is 0 Å². The number of hydrogen-bond donors (Lipinski definition) is 2. The molecule has 1 amide bonds. The summed E-state index contributed by atoms with van der Waals surface area (Å²) in [6.07, 6.45) is 1.55. The second-order valence-corrected chi connectivity index (χ2v) is 6.72. The van der Waals surface area contributed by atoms with E-state index in [0.29, 0.717) is 29.5 Å². The number of aromatic nitrogens is 1. The summed E-state index contributed by atoms with van der Waals surface area (Å²) < 4.78 is 10.7. The molecule has 0 saturated carbocycles. The number of carbonyl (C=O) groups excluding carboxylic acids is 1. The lowest BCUT2D eigenvalue weighted by Crippen LogP contribution is -2.22. The molecule has 0 bridgehead atoms. The van der Waals surface area contributed by atoms with E-state index in [1.807, 2.05) is 30.3 Å². The lowest BCUT2D eigenvalue weighted by atomic mass is 10.2. The van der Waals surface area contributed by atoms with Gasteiger partial charge in [-0.05, 0) is 47.5 Å². The monoisotopic (exact) mass is 395 g/mol. The SMILES string of the molecule is O=C(NCc1ccc(Cl)cc1)c1ccc(NCc2ccc3c(c2)OCO3)nc1. The molecule has 2 aromatic carbocycles. The van der Waals surface area contributed by atoms with Crippen LogP contribution in [0.4, 0.5) is 5.82 Å². The minimum atomic E-state index is -0.176. The molecule has 0 atom stereocenters. The van der Waals surface area contributed by atoms with Crippen molar-refractivity contribution in [1.29, 1.82) is 0 Å². The molecule has 1 aromatic heterocycles.